The maximum atomic E-state index is 11.5. The van der Waals surface area contributed by atoms with Crippen LogP contribution in [0, 0.1) is 0 Å². The zero-order valence-corrected chi connectivity index (χ0v) is 7.86. The van der Waals surface area contributed by atoms with Crippen molar-refractivity contribution in [3.8, 4) is 0 Å². The number of urea groups is 1. The number of benzene rings is 1. The topological polar surface area (TPSA) is 101 Å². The summed E-state index contributed by atoms with van der Waals surface area (Å²) >= 11 is 0. The monoisotopic (exact) mass is 206 g/mol. The van der Waals surface area contributed by atoms with Crippen LogP contribution in [-0.2, 0) is 11.2 Å². The summed E-state index contributed by atoms with van der Waals surface area (Å²) < 4.78 is 0. The molecule has 0 bridgehead atoms. The quantitative estimate of drug-likeness (QED) is 0.235. The Morgan fingerprint density at radius 1 is 1.47 bits per heavy atom. The average Bonchev–Trinajstić information content (AvgIpc) is 2.52. The van der Waals surface area contributed by atoms with E-state index in [-0.39, 0.29) is 12.3 Å². The normalized spacial score (nSPS) is 13.9. The SMILES string of the molecule is NNC(=O)N1C(=O)Cc2cc(N)ccc21. The molecule has 0 spiro atoms. The molecule has 1 aromatic carbocycles. The van der Waals surface area contributed by atoms with Gasteiger partial charge >= 0.3 is 6.03 Å². The average molecular weight is 206 g/mol. The van der Waals surface area contributed by atoms with Gasteiger partial charge in [0.15, 0.2) is 0 Å². The van der Waals surface area contributed by atoms with Gasteiger partial charge in [-0.3, -0.25) is 10.2 Å². The zero-order chi connectivity index (χ0) is 11.0. The van der Waals surface area contributed by atoms with Gasteiger partial charge in [0.25, 0.3) is 0 Å². The van der Waals surface area contributed by atoms with Gasteiger partial charge in [-0.2, -0.15) is 0 Å². The van der Waals surface area contributed by atoms with Gasteiger partial charge < -0.3 is 5.73 Å². The largest absolute Gasteiger partial charge is 0.399 e. The Hall–Kier alpha value is -2.08. The Balaban J connectivity index is 2.46. The minimum atomic E-state index is -0.636. The third-order valence-corrected chi connectivity index (χ3v) is 2.26. The molecule has 1 heterocycles. The van der Waals surface area contributed by atoms with Gasteiger partial charge in [0.05, 0.1) is 12.1 Å². The number of nitrogens with zero attached hydrogens (tertiary/aromatic N) is 1. The maximum absolute atomic E-state index is 11.5. The number of nitrogen functional groups attached to an aromatic ring is 1. The molecule has 1 aromatic rings. The minimum absolute atomic E-state index is 0.174. The molecule has 3 amide bonds. The molecule has 2 rings (SSSR count). The molecule has 0 radical (unpaired) electrons. The summed E-state index contributed by atoms with van der Waals surface area (Å²) in [4.78, 5) is 23.8. The van der Waals surface area contributed by atoms with Crippen molar-refractivity contribution in [2.24, 2.45) is 5.84 Å². The van der Waals surface area contributed by atoms with E-state index in [2.05, 4.69) is 0 Å². The minimum Gasteiger partial charge on any atom is -0.399 e. The van der Waals surface area contributed by atoms with Gasteiger partial charge in [0, 0.05) is 5.69 Å². The lowest BCUT2D eigenvalue weighted by Crippen LogP contribution is -2.45. The molecule has 6 nitrogen and oxygen atoms in total. The fourth-order valence-corrected chi connectivity index (χ4v) is 1.63. The van der Waals surface area contributed by atoms with Crippen LogP contribution in [0.1, 0.15) is 5.56 Å². The summed E-state index contributed by atoms with van der Waals surface area (Å²) in [6.45, 7) is 0. The van der Waals surface area contributed by atoms with Crippen LogP contribution < -0.4 is 21.9 Å². The molecule has 0 saturated carbocycles. The molecule has 0 saturated heterocycles. The van der Waals surface area contributed by atoms with E-state index in [1.54, 1.807) is 18.2 Å². The lowest BCUT2D eigenvalue weighted by Gasteiger charge is -2.14. The van der Waals surface area contributed by atoms with E-state index in [1.807, 2.05) is 5.43 Å². The van der Waals surface area contributed by atoms with E-state index in [4.69, 9.17) is 11.6 Å². The lowest BCUT2D eigenvalue weighted by atomic mass is 10.1. The first kappa shape index (κ1) is 9.47. The first-order valence-corrected chi connectivity index (χ1v) is 4.35. The third kappa shape index (κ3) is 1.40. The van der Waals surface area contributed by atoms with Crippen molar-refractivity contribution in [3.63, 3.8) is 0 Å². The van der Waals surface area contributed by atoms with Gasteiger partial charge in [-0.1, -0.05) is 0 Å². The highest BCUT2D eigenvalue weighted by molar-refractivity contribution is 6.18. The second-order valence-corrected chi connectivity index (χ2v) is 3.24. The van der Waals surface area contributed by atoms with E-state index < -0.39 is 6.03 Å². The Bertz CT molecular complexity index is 444. The number of rotatable bonds is 0. The van der Waals surface area contributed by atoms with E-state index >= 15 is 0 Å². The predicted octanol–water partition coefficient (Wildman–Crippen LogP) is -0.259. The smallest absolute Gasteiger partial charge is 0.342 e. The summed E-state index contributed by atoms with van der Waals surface area (Å²) in [7, 11) is 0. The van der Waals surface area contributed by atoms with Crippen LogP contribution in [0.4, 0.5) is 16.2 Å². The summed E-state index contributed by atoms with van der Waals surface area (Å²) in [6.07, 6.45) is 0.174. The number of imide groups is 1. The highest BCUT2D eigenvalue weighted by Crippen LogP contribution is 2.30. The maximum Gasteiger partial charge on any atom is 0.342 e. The van der Waals surface area contributed by atoms with E-state index in [0.29, 0.717) is 11.4 Å². The first-order valence-electron chi connectivity index (χ1n) is 4.35. The van der Waals surface area contributed by atoms with Crippen LogP contribution in [0.15, 0.2) is 18.2 Å². The van der Waals surface area contributed by atoms with Crippen LogP contribution in [0.25, 0.3) is 0 Å². The highest BCUT2D eigenvalue weighted by atomic mass is 16.2. The Morgan fingerprint density at radius 2 is 2.20 bits per heavy atom. The van der Waals surface area contributed by atoms with E-state index in [1.165, 1.54) is 0 Å². The van der Waals surface area contributed by atoms with Crippen molar-refractivity contribution in [2.45, 2.75) is 6.42 Å². The number of hydrogen-bond donors (Lipinski definition) is 3. The molecule has 0 aromatic heterocycles. The van der Waals surface area contributed by atoms with Crippen LogP contribution >= 0.6 is 0 Å². The number of hydrogen-bond acceptors (Lipinski definition) is 4. The molecule has 0 unspecified atom stereocenters. The molecule has 1 aliphatic rings. The van der Waals surface area contributed by atoms with Crippen molar-refractivity contribution in [3.05, 3.63) is 23.8 Å². The van der Waals surface area contributed by atoms with Gasteiger partial charge in [0.1, 0.15) is 0 Å². The number of amides is 3. The van der Waals surface area contributed by atoms with Gasteiger partial charge in [0.2, 0.25) is 5.91 Å². The van der Waals surface area contributed by atoms with Gasteiger partial charge in [-0.25, -0.2) is 15.5 Å². The number of nitrogens with one attached hydrogen (secondary N) is 1. The molecule has 78 valence electrons. The van der Waals surface area contributed by atoms with E-state index in [9.17, 15) is 9.59 Å². The highest BCUT2D eigenvalue weighted by Gasteiger charge is 2.31. The summed E-state index contributed by atoms with van der Waals surface area (Å²) in [6, 6.07) is 4.30. The molecule has 0 aliphatic carbocycles. The van der Waals surface area contributed by atoms with Crippen molar-refractivity contribution in [2.75, 3.05) is 10.6 Å². The van der Waals surface area contributed by atoms with Crippen molar-refractivity contribution < 1.29 is 9.59 Å². The van der Waals surface area contributed by atoms with Gasteiger partial charge in [-0.05, 0) is 23.8 Å². The number of hydrazine groups is 1. The van der Waals surface area contributed by atoms with Crippen LogP contribution in [0.5, 0.6) is 0 Å². The Kier molecular flexibility index (Phi) is 2.05. The van der Waals surface area contributed by atoms with Crippen LogP contribution in [-0.4, -0.2) is 11.9 Å². The molecular formula is C9H10N4O2. The fourth-order valence-electron chi connectivity index (χ4n) is 1.63. The second-order valence-electron chi connectivity index (χ2n) is 3.24. The Labute approximate surface area is 85.8 Å². The molecule has 1 aliphatic heterocycles. The standard InChI is InChI=1S/C9H10N4O2/c10-6-1-2-7-5(3-6)4-8(14)13(7)9(15)12-11/h1-3H,4,10-11H2,(H,12,15). The van der Waals surface area contributed by atoms with Crippen molar-refractivity contribution in [1.82, 2.24) is 5.43 Å². The first-order chi connectivity index (χ1) is 7.13. The molecule has 0 atom stereocenters. The van der Waals surface area contributed by atoms with Crippen molar-refractivity contribution in [1.29, 1.82) is 0 Å². The zero-order valence-electron chi connectivity index (χ0n) is 7.86. The Morgan fingerprint density at radius 3 is 2.87 bits per heavy atom. The predicted molar refractivity (Wildman–Crippen MR) is 54.8 cm³/mol. The molecule has 5 N–H and O–H groups in total. The molecular weight excluding hydrogens is 196 g/mol. The van der Waals surface area contributed by atoms with Crippen molar-refractivity contribution >= 4 is 23.3 Å². The van der Waals surface area contributed by atoms with Crippen LogP contribution in [0.3, 0.4) is 0 Å². The van der Waals surface area contributed by atoms with E-state index in [0.717, 1.165) is 10.5 Å². The number of nitrogens with two attached hydrogens (primary N) is 2. The molecule has 6 heteroatoms. The lowest BCUT2D eigenvalue weighted by molar-refractivity contribution is -0.116. The van der Waals surface area contributed by atoms with Crippen LogP contribution in [0.2, 0.25) is 0 Å². The van der Waals surface area contributed by atoms with Gasteiger partial charge in [-0.15, -0.1) is 0 Å². The molecule has 0 fully saturated rings. The fraction of sp³-hybridized carbons (Fsp3) is 0.111. The molecule has 15 heavy (non-hydrogen) atoms. The second kappa shape index (κ2) is 3.25. The summed E-state index contributed by atoms with van der Waals surface area (Å²) in [5, 5.41) is 0. The third-order valence-electron chi connectivity index (χ3n) is 2.26. The summed E-state index contributed by atoms with van der Waals surface area (Å²) in [5.41, 5.74) is 9.35. The number of fused-ring (bicyclic) bond motifs is 1. The number of anilines is 2. The number of carbonyl (C=O) groups is 2. The number of carbonyl (C=O) groups excluding carboxylic acids is 2. The summed E-state index contributed by atoms with van der Waals surface area (Å²) in [5.74, 6) is 4.68.